The maximum absolute atomic E-state index is 5.19. The summed E-state index contributed by atoms with van der Waals surface area (Å²) < 4.78 is 3.88. The quantitative estimate of drug-likeness (QED) is 0.275. The Kier molecular flexibility index (Phi) is 5.36. The van der Waals surface area contributed by atoms with Gasteiger partial charge in [0.25, 0.3) is 0 Å². The zero-order valence-electron chi connectivity index (χ0n) is 16.3. The van der Waals surface area contributed by atoms with Crippen molar-refractivity contribution in [2.75, 3.05) is 0 Å². The number of hydrogen-bond donors (Lipinski definition) is 0. The van der Waals surface area contributed by atoms with Gasteiger partial charge in [0.1, 0.15) is 0 Å². The smallest absolute Gasteiger partial charge is 0.244 e. The SMILES string of the molecule is CC(C)c1cccc(C(C)C)c1N=C(c1ccccc1)n1[c-][n+](C)cc1. The Bertz CT molecular complexity index is 876. The Morgan fingerprint density at radius 1 is 0.923 bits per heavy atom. The van der Waals surface area contributed by atoms with Gasteiger partial charge >= 0.3 is 0 Å². The van der Waals surface area contributed by atoms with Crippen LogP contribution in [0, 0.1) is 6.33 Å². The van der Waals surface area contributed by atoms with E-state index in [1.807, 2.05) is 46.8 Å². The first kappa shape index (κ1) is 18.1. The summed E-state index contributed by atoms with van der Waals surface area (Å²) in [5, 5.41) is 0. The van der Waals surface area contributed by atoms with Gasteiger partial charge in [-0.2, -0.15) is 0 Å². The van der Waals surface area contributed by atoms with Gasteiger partial charge in [0.2, 0.25) is 6.33 Å². The average Bonchev–Trinajstić information content (AvgIpc) is 3.06. The molecule has 0 unspecified atom stereocenters. The molecule has 26 heavy (non-hydrogen) atoms. The molecule has 0 radical (unpaired) electrons. The highest BCUT2D eigenvalue weighted by Gasteiger charge is 2.15. The molecule has 0 aliphatic heterocycles. The molecule has 2 aromatic carbocycles. The third-order valence-electron chi connectivity index (χ3n) is 4.53. The standard InChI is InChI=1S/C23H27N3/c1-17(2)20-12-9-13-21(18(3)4)22(20)24-23(19-10-7-6-8-11-19)26-15-14-25(5)16-26/h6-15,17-18H,1-5H3. The molecule has 0 aliphatic rings. The number of benzene rings is 2. The van der Waals surface area contributed by atoms with Gasteiger partial charge < -0.3 is 9.13 Å². The minimum absolute atomic E-state index is 0.411. The fourth-order valence-corrected chi connectivity index (χ4v) is 3.11. The predicted octanol–water partition coefficient (Wildman–Crippen LogP) is 4.99. The zero-order chi connectivity index (χ0) is 18.7. The van der Waals surface area contributed by atoms with Crippen LogP contribution in [-0.2, 0) is 7.05 Å². The molecule has 0 saturated heterocycles. The molecule has 1 aromatic heterocycles. The highest BCUT2D eigenvalue weighted by atomic mass is 15.1. The van der Waals surface area contributed by atoms with Crippen molar-refractivity contribution >= 4 is 11.5 Å². The maximum Gasteiger partial charge on any atom is 0.244 e. The second-order valence-electron chi connectivity index (χ2n) is 7.27. The largest absolute Gasteiger partial charge is 0.323 e. The van der Waals surface area contributed by atoms with Gasteiger partial charge in [0, 0.05) is 12.4 Å². The molecule has 0 aliphatic carbocycles. The van der Waals surface area contributed by atoms with E-state index in [1.165, 1.54) is 11.1 Å². The first-order valence-corrected chi connectivity index (χ1v) is 9.21. The summed E-state index contributed by atoms with van der Waals surface area (Å²) in [5.41, 5.74) is 4.72. The van der Waals surface area contributed by atoms with Crippen molar-refractivity contribution in [3.8, 4) is 0 Å². The van der Waals surface area contributed by atoms with Crippen LogP contribution in [0.4, 0.5) is 5.69 Å². The van der Waals surface area contributed by atoms with E-state index in [1.54, 1.807) is 0 Å². The fourth-order valence-electron chi connectivity index (χ4n) is 3.11. The first-order chi connectivity index (χ1) is 12.5. The third-order valence-corrected chi connectivity index (χ3v) is 4.53. The van der Waals surface area contributed by atoms with Crippen LogP contribution in [0.5, 0.6) is 0 Å². The average molecular weight is 345 g/mol. The minimum Gasteiger partial charge on any atom is -0.323 e. The van der Waals surface area contributed by atoms with Crippen LogP contribution in [0.3, 0.4) is 0 Å². The molecule has 3 rings (SSSR count). The molecule has 0 atom stereocenters. The number of imidazole rings is 1. The van der Waals surface area contributed by atoms with Crippen molar-refractivity contribution in [2.45, 2.75) is 39.5 Å². The molecule has 134 valence electrons. The van der Waals surface area contributed by atoms with Crippen LogP contribution in [-0.4, -0.2) is 10.4 Å². The monoisotopic (exact) mass is 345 g/mol. The van der Waals surface area contributed by atoms with Crippen LogP contribution >= 0.6 is 0 Å². The highest BCUT2D eigenvalue weighted by molar-refractivity contribution is 6.02. The van der Waals surface area contributed by atoms with Gasteiger partial charge in [-0.25, -0.2) is 0 Å². The van der Waals surface area contributed by atoms with Crippen LogP contribution in [0.25, 0.3) is 0 Å². The zero-order valence-corrected chi connectivity index (χ0v) is 16.3. The van der Waals surface area contributed by atoms with Crippen molar-refractivity contribution in [1.82, 2.24) is 4.57 Å². The molecule has 0 bridgehead atoms. The fraction of sp³-hybridized carbons (Fsp3) is 0.304. The summed E-state index contributed by atoms with van der Waals surface area (Å²) >= 11 is 0. The normalized spacial score (nSPS) is 12.2. The Balaban J connectivity index is 2.27. The number of rotatable bonds is 4. The number of hydrogen-bond acceptors (Lipinski definition) is 1. The summed E-state index contributed by atoms with van der Waals surface area (Å²) in [7, 11) is 1.97. The number of aliphatic imine (C=N–C) groups is 1. The lowest BCUT2D eigenvalue weighted by Gasteiger charge is -2.18. The summed E-state index contributed by atoms with van der Waals surface area (Å²) in [4.78, 5) is 5.19. The molecular formula is C23H27N3. The summed E-state index contributed by atoms with van der Waals surface area (Å²) in [5.74, 6) is 1.71. The molecule has 0 N–H and O–H groups in total. The number of para-hydroxylation sites is 1. The Morgan fingerprint density at radius 3 is 2.04 bits per heavy atom. The molecule has 1 heterocycles. The van der Waals surface area contributed by atoms with Crippen molar-refractivity contribution in [2.24, 2.45) is 12.0 Å². The lowest BCUT2D eigenvalue weighted by molar-refractivity contribution is -0.674. The van der Waals surface area contributed by atoms with Crippen LogP contribution in [0.1, 0.15) is 56.2 Å². The van der Waals surface area contributed by atoms with Gasteiger partial charge in [-0.05, 0) is 28.5 Å². The molecular weight excluding hydrogens is 318 g/mol. The number of aryl methyl sites for hydroxylation is 1. The van der Waals surface area contributed by atoms with E-state index in [9.17, 15) is 0 Å². The van der Waals surface area contributed by atoms with E-state index in [2.05, 4.69) is 64.4 Å². The van der Waals surface area contributed by atoms with Crippen LogP contribution < -0.4 is 4.57 Å². The van der Waals surface area contributed by atoms with Crippen molar-refractivity contribution in [1.29, 1.82) is 0 Å². The molecule has 3 nitrogen and oxygen atoms in total. The van der Waals surface area contributed by atoms with Crippen molar-refractivity contribution < 1.29 is 4.57 Å². The molecule has 0 amide bonds. The van der Waals surface area contributed by atoms with Gasteiger partial charge in [0.15, 0.2) is 5.84 Å². The molecule has 0 saturated carbocycles. The summed E-state index contributed by atoms with van der Waals surface area (Å²) in [6.45, 7) is 8.90. The van der Waals surface area contributed by atoms with Crippen LogP contribution in [0.15, 0.2) is 65.9 Å². The van der Waals surface area contributed by atoms with Gasteiger partial charge in [0.05, 0.1) is 12.7 Å². The van der Waals surface area contributed by atoms with E-state index in [0.29, 0.717) is 11.8 Å². The van der Waals surface area contributed by atoms with E-state index in [4.69, 9.17) is 4.99 Å². The van der Waals surface area contributed by atoms with Crippen molar-refractivity contribution in [3.05, 3.63) is 83.9 Å². The minimum atomic E-state index is 0.411. The third kappa shape index (κ3) is 3.77. The lowest BCUT2D eigenvalue weighted by Crippen LogP contribution is -2.26. The van der Waals surface area contributed by atoms with E-state index < -0.39 is 0 Å². The second kappa shape index (κ2) is 7.69. The van der Waals surface area contributed by atoms with E-state index in [0.717, 1.165) is 17.1 Å². The first-order valence-electron chi connectivity index (χ1n) is 9.21. The maximum atomic E-state index is 5.19. The highest BCUT2D eigenvalue weighted by Crippen LogP contribution is 2.35. The van der Waals surface area contributed by atoms with Gasteiger partial charge in [-0.1, -0.05) is 76.2 Å². The second-order valence-corrected chi connectivity index (χ2v) is 7.27. The Hall–Kier alpha value is -2.68. The van der Waals surface area contributed by atoms with Gasteiger partial charge in [-0.15, -0.1) is 0 Å². The van der Waals surface area contributed by atoms with Crippen LogP contribution in [0.2, 0.25) is 0 Å². The molecule has 3 heteroatoms. The predicted molar refractivity (Wildman–Crippen MR) is 107 cm³/mol. The summed E-state index contributed by atoms with van der Waals surface area (Å²) in [6, 6.07) is 16.8. The number of nitrogens with zero attached hydrogens (tertiary/aromatic N) is 3. The molecule has 0 spiro atoms. The Morgan fingerprint density at radius 2 is 1.54 bits per heavy atom. The van der Waals surface area contributed by atoms with E-state index in [-0.39, 0.29) is 0 Å². The number of aromatic nitrogens is 2. The van der Waals surface area contributed by atoms with Crippen molar-refractivity contribution in [3.63, 3.8) is 0 Å². The lowest BCUT2D eigenvalue weighted by atomic mass is 9.93. The summed E-state index contributed by atoms with van der Waals surface area (Å²) in [6.07, 6.45) is 7.28. The Labute approximate surface area is 156 Å². The molecule has 3 aromatic rings. The van der Waals surface area contributed by atoms with Gasteiger partial charge in [-0.3, -0.25) is 4.99 Å². The molecule has 0 fully saturated rings. The van der Waals surface area contributed by atoms with E-state index >= 15 is 0 Å². The topological polar surface area (TPSA) is 21.2 Å².